The Morgan fingerprint density at radius 2 is 2.28 bits per heavy atom. The molecule has 0 fully saturated rings. The third-order valence-corrected chi connectivity index (χ3v) is 3.41. The molecule has 1 aliphatic heterocycles. The van der Waals surface area contributed by atoms with Crippen LogP contribution >= 0.6 is 0 Å². The lowest BCUT2D eigenvalue weighted by atomic mass is 9.99. The van der Waals surface area contributed by atoms with Crippen molar-refractivity contribution in [3.05, 3.63) is 34.9 Å². The zero-order chi connectivity index (χ0) is 12.7. The van der Waals surface area contributed by atoms with Crippen LogP contribution in [0.2, 0.25) is 0 Å². The maximum absolute atomic E-state index is 11.3. The van der Waals surface area contributed by atoms with Crippen molar-refractivity contribution in [2.45, 2.75) is 19.3 Å². The first-order valence-electron chi connectivity index (χ1n) is 5.90. The van der Waals surface area contributed by atoms with Gasteiger partial charge in [-0.1, -0.05) is 18.2 Å². The van der Waals surface area contributed by atoms with E-state index in [0.717, 1.165) is 28.8 Å². The summed E-state index contributed by atoms with van der Waals surface area (Å²) < 4.78 is 0. The molecule has 5 nitrogen and oxygen atoms in total. The first-order valence-corrected chi connectivity index (χ1v) is 5.90. The molecule has 0 radical (unpaired) electrons. The minimum absolute atomic E-state index is 0.0334. The van der Waals surface area contributed by atoms with Gasteiger partial charge in [0.25, 0.3) is 0 Å². The van der Waals surface area contributed by atoms with E-state index in [4.69, 9.17) is 5.73 Å². The quantitative estimate of drug-likeness (QED) is 0.772. The molecule has 92 valence electrons. The Morgan fingerprint density at radius 3 is 3.06 bits per heavy atom. The molecule has 1 atom stereocenters. The Morgan fingerprint density at radius 1 is 1.44 bits per heavy atom. The minimum Gasteiger partial charge on any atom is -0.369 e. The predicted molar refractivity (Wildman–Crippen MR) is 65.8 cm³/mol. The number of nitrogens with two attached hydrogens (primary N) is 1. The molecule has 0 bridgehead atoms. The van der Waals surface area contributed by atoms with Crippen molar-refractivity contribution >= 4 is 17.5 Å². The minimum atomic E-state index is -0.334. The number of nitrogens with zero attached hydrogens (tertiary/aromatic N) is 1. The average molecular weight is 243 g/mol. The van der Waals surface area contributed by atoms with Gasteiger partial charge in [-0.15, -0.1) is 0 Å². The molecule has 2 amide bonds. The topological polar surface area (TPSA) is 84.5 Å². The number of carbonyl (C=O) groups excluding carboxylic acids is 2. The number of nitrogens with one attached hydrogen (secondary N) is 1. The number of carbonyl (C=O) groups is 2. The molecule has 3 rings (SSSR count). The fourth-order valence-electron chi connectivity index (χ4n) is 2.67. The number of rotatable bonds is 2. The van der Waals surface area contributed by atoms with Crippen LogP contribution in [0.25, 0.3) is 0 Å². The van der Waals surface area contributed by atoms with Crippen LogP contribution in [0, 0.1) is 5.92 Å². The molecular weight excluding hydrogens is 230 g/mol. The van der Waals surface area contributed by atoms with Gasteiger partial charge in [-0.2, -0.15) is 5.10 Å². The molecule has 3 N–H and O–H groups in total. The van der Waals surface area contributed by atoms with E-state index in [9.17, 15) is 9.59 Å². The van der Waals surface area contributed by atoms with Crippen molar-refractivity contribution in [2.75, 3.05) is 0 Å². The summed E-state index contributed by atoms with van der Waals surface area (Å²) in [5, 5.41) is 4.13. The highest BCUT2D eigenvalue weighted by molar-refractivity contribution is 6.09. The van der Waals surface area contributed by atoms with Gasteiger partial charge in [-0.05, 0) is 17.5 Å². The molecule has 1 heterocycles. The lowest BCUT2D eigenvalue weighted by Gasteiger charge is -2.15. The summed E-state index contributed by atoms with van der Waals surface area (Å²) in [5.74, 6) is -0.189. The van der Waals surface area contributed by atoms with Gasteiger partial charge in [0.2, 0.25) is 11.8 Å². The normalized spacial score (nSPS) is 20.8. The first-order chi connectivity index (χ1) is 8.63. The van der Waals surface area contributed by atoms with E-state index in [1.54, 1.807) is 0 Å². The summed E-state index contributed by atoms with van der Waals surface area (Å²) in [6.07, 6.45) is 1.55. The van der Waals surface area contributed by atoms with E-state index in [1.807, 2.05) is 18.2 Å². The van der Waals surface area contributed by atoms with Crippen molar-refractivity contribution in [3.63, 3.8) is 0 Å². The zero-order valence-electron chi connectivity index (χ0n) is 9.77. The average Bonchev–Trinajstić information content (AvgIpc) is 2.64. The molecule has 1 aromatic carbocycles. The lowest BCUT2D eigenvalue weighted by Crippen LogP contribution is -2.31. The molecular formula is C13H13N3O2. The molecule has 0 saturated carbocycles. The fraction of sp³-hybridized carbons (Fsp3) is 0.308. The molecule has 1 aromatic rings. The van der Waals surface area contributed by atoms with Gasteiger partial charge in [0.1, 0.15) is 0 Å². The number of hydrazone groups is 1. The zero-order valence-corrected chi connectivity index (χ0v) is 9.77. The van der Waals surface area contributed by atoms with Crippen LogP contribution < -0.4 is 11.2 Å². The SMILES string of the molecule is NC(=O)Cc1ccc2c(c1)CC1CC(=O)NN=C21. The molecule has 1 aliphatic carbocycles. The summed E-state index contributed by atoms with van der Waals surface area (Å²) in [4.78, 5) is 22.2. The Hall–Kier alpha value is -2.17. The Bertz CT molecular complexity index is 578. The number of hydrogen-bond acceptors (Lipinski definition) is 3. The fourth-order valence-corrected chi connectivity index (χ4v) is 2.67. The van der Waals surface area contributed by atoms with Gasteiger partial charge in [0.15, 0.2) is 0 Å². The smallest absolute Gasteiger partial charge is 0.240 e. The number of primary amides is 1. The summed E-state index contributed by atoms with van der Waals surface area (Å²) >= 11 is 0. The van der Waals surface area contributed by atoms with Crippen LogP contribution in [0.15, 0.2) is 23.3 Å². The second kappa shape index (κ2) is 3.94. The van der Waals surface area contributed by atoms with Crippen LogP contribution in [0.3, 0.4) is 0 Å². The maximum Gasteiger partial charge on any atom is 0.240 e. The van der Waals surface area contributed by atoms with Crippen LogP contribution in [0.1, 0.15) is 23.1 Å². The predicted octanol–water partition coefficient (Wildman–Crippen LogP) is 0.111. The van der Waals surface area contributed by atoms with Crippen molar-refractivity contribution in [3.8, 4) is 0 Å². The number of hydrogen-bond donors (Lipinski definition) is 2. The summed E-state index contributed by atoms with van der Waals surface area (Å²) in [7, 11) is 0. The summed E-state index contributed by atoms with van der Waals surface area (Å²) in [5.41, 5.74) is 11.8. The molecule has 2 aliphatic rings. The monoisotopic (exact) mass is 243 g/mol. The van der Waals surface area contributed by atoms with Crippen molar-refractivity contribution < 1.29 is 9.59 Å². The summed E-state index contributed by atoms with van der Waals surface area (Å²) in [6.45, 7) is 0. The molecule has 0 aromatic heterocycles. The second-order valence-electron chi connectivity index (χ2n) is 4.77. The van der Waals surface area contributed by atoms with Crippen LogP contribution in [-0.2, 0) is 22.4 Å². The van der Waals surface area contributed by atoms with Crippen molar-refractivity contribution in [1.82, 2.24) is 5.43 Å². The van der Waals surface area contributed by atoms with E-state index in [0.29, 0.717) is 6.42 Å². The van der Waals surface area contributed by atoms with Gasteiger partial charge in [0.05, 0.1) is 12.1 Å². The standard InChI is InChI=1S/C13H13N3O2/c14-11(17)4-7-1-2-10-8(3-7)5-9-6-12(18)15-16-13(9)10/h1-3,9H,4-6H2,(H2,14,17)(H,15,18). The van der Waals surface area contributed by atoms with E-state index in [-0.39, 0.29) is 24.2 Å². The largest absolute Gasteiger partial charge is 0.369 e. The van der Waals surface area contributed by atoms with Crippen LogP contribution in [0.4, 0.5) is 0 Å². The molecule has 0 saturated heterocycles. The first kappa shape index (κ1) is 11.0. The highest BCUT2D eigenvalue weighted by Gasteiger charge is 2.33. The molecule has 5 heteroatoms. The van der Waals surface area contributed by atoms with Gasteiger partial charge in [-0.3, -0.25) is 9.59 Å². The van der Waals surface area contributed by atoms with Gasteiger partial charge >= 0.3 is 0 Å². The van der Waals surface area contributed by atoms with Crippen molar-refractivity contribution in [2.24, 2.45) is 16.8 Å². The molecule has 0 spiro atoms. The van der Waals surface area contributed by atoms with Crippen LogP contribution in [0.5, 0.6) is 0 Å². The van der Waals surface area contributed by atoms with E-state index in [2.05, 4.69) is 10.5 Å². The summed E-state index contributed by atoms with van der Waals surface area (Å²) in [6, 6.07) is 5.85. The maximum atomic E-state index is 11.3. The van der Waals surface area contributed by atoms with Gasteiger partial charge in [0, 0.05) is 17.9 Å². The van der Waals surface area contributed by atoms with E-state index in [1.165, 1.54) is 0 Å². The highest BCUT2D eigenvalue weighted by atomic mass is 16.2. The van der Waals surface area contributed by atoms with Crippen molar-refractivity contribution in [1.29, 1.82) is 0 Å². The Balaban J connectivity index is 1.94. The third kappa shape index (κ3) is 1.77. The third-order valence-electron chi connectivity index (χ3n) is 3.41. The van der Waals surface area contributed by atoms with E-state index >= 15 is 0 Å². The highest BCUT2D eigenvalue weighted by Crippen LogP contribution is 2.31. The molecule has 18 heavy (non-hydrogen) atoms. The van der Waals surface area contributed by atoms with Gasteiger partial charge < -0.3 is 5.73 Å². The number of amides is 2. The lowest BCUT2D eigenvalue weighted by molar-refractivity contribution is -0.122. The van der Waals surface area contributed by atoms with Gasteiger partial charge in [-0.25, -0.2) is 5.43 Å². The molecule has 1 unspecified atom stereocenters. The Labute approximate surface area is 104 Å². The second-order valence-corrected chi connectivity index (χ2v) is 4.77. The van der Waals surface area contributed by atoms with E-state index < -0.39 is 0 Å². The number of fused-ring (bicyclic) bond motifs is 3. The Kier molecular flexibility index (Phi) is 2.40. The van der Waals surface area contributed by atoms with Crippen LogP contribution in [-0.4, -0.2) is 17.5 Å². The number of benzene rings is 1.